The highest BCUT2D eigenvalue weighted by atomic mass is 16.5. The molecule has 1 aliphatic heterocycles. The number of nitrogens with one attached hydrogen (secondary N) is 1. The van der Waals surface area contributed by atoms with Crippen LogP contribution < -0.4 is 10.1 Å². The van der Waals surface area contributed by atoms with E-state index in [2.05, 4.69) is 44.3 Å². The fourth-order valence-corrected chi connectivity index (χ4v) is 2.60. The summed E-state index contributed by atoms with van der Waals surface area (Å²) in [6.07, 6.45) is 1.20. The topological polar surface area (TPSA) is 21.3 Å². The molecule has 0 bridgehead atoms. The summed E-state index contributed by atoms with van der Waals surface area (Å²) in [4.78, 5) is 0. The molecule has 0 radical (unpaired) electrons. The first-order valence-electron chi connectivity index (χ1n) is 6.67. The molecule has 3 atom stereocenters. The van der Waals surface area contributed by atoms with Gasteiger partial charge < -0.3 is 10.1 Å². The Morgan fingerprint density at radius 3 is 2.88 bits per heavy atom. The fraction of sp³-hybridized carbons (Fsp3) is 0.600. The van der Waals surface area contributed by atoms with Gasteiger partial charge in [-0.1, -0.05) is 32.0 Å². The van der Waals surface area contributed by atoms with E-state index >= 15 is 0 Å². The molecule has 17 heavy (non-hydrogen) atoms. The number of benzene rings is 1. The molecule has 0 amide bonds. The van der Waals surface area contributed by atoms with Gasteiger partial charge in [-0.3, -0.25) is 0 Å². The van der Waals surface area contributed by atoms with E-state index in [1.807, 2.05) is 6.07 Å². The van der Waals surface area contributed by atoms with E-state index in [0.29, 0.717) is 17.9 Å². The lowest BCUT2D eigenvalue weighted by atomic mass is 9.88. The van der Waals surface area contributed by atoms with Crippen molar-refractivity contribution in [3.63, 3.8) is 0 Å². The van der Waals surface area contributed by atoms with Gasteiger partial charge in [0.15, 0.2) is 0 Å². The van der Waals surface area contributed by atoms with E-state index in [1.165, 1.54) is 12.0 Å². The minimum Gasteiger partial charge on any atom is -0.493 e. The summed E-state index contributed by atoms with van der Waals surface area (Å²) in [5, 5.41) is 3.50. The predicted octanol–water partition coefficient (Wildman–Crippen LogP) is 3.19. The molecule has 0 fully saturated rings. The van der Waals surface area contributed by atoms with Gasteiger partial charge in [0, 0.05) is 17.5 Å². The summed E-state index contributed by atoms with van der Waals surface area (Å²) >= 11 is 0. The maximum absolute atomic E-state index is 5.73. The Hall–Kier alpha value is -1.02. The van der Waals surface area contributed by atoms with E-state index in [4.69, 9.17) is 4.74 Å². The van der Waals surface area contributed by atoms with Gasteiger partial charge in [0.05, 0.1) is 6.61 Å². The van der Waals surface area contributed by atoms with E-state index < -0.39 is 0 Å². The number of rotatable bonds is 5. The minimum atomic E-state index is 0.572. The van der Waals surface area contributed by atoms with E-state index in [-0.39, 0.29) is 0 Å². The molecule has 2 nitrogen and oxygen atoms in total. The fourth-order valence-electron chi connectivity index (χ4n) is 2.60. The number of hydrogen-bond donors (Lipinski definition) is 1. The summed E-state index contributed by atoms with van der Waals surface area (Å²) < 4.78 is 5.73. The molecule has 1 heterocycles. The van der Waals surface area contributed by atoms with Crippen molar-refractivity contribution >= 4 is 0 Å². The van der Waals surface area contributed by atoms with Gasteiger partial charge in [-0.25, -0.2) is 0 Å². The smallest absolute Gasteiger partial charge is 0.122 e. The van der Waals surface area contributed by atoms with Crippen LogP contribution in [0, 0.1) is 5.92 Å². The maximum Gasteiger partial charge on any atom is 0.122 e. The third-order valence-electron chi connectivity index (χ3n) is 3.83. The first-order valence-corrected chi connectivity index (χ1v) is 6.67. The van der Waals surface area contributed by atoms with Crippen LogP contribution >= 0.6 is 0 Å². The van der Waals surface area contributed by atoms with Crippen LogP contribution in [0.25, 0.3) is 0 Å². The number of hydrogen-bond acceptors (Lipinski definition) is 2. The summed E-state index contributed by atoms with van der Waals surface area (Å²) in [6, 6.07) is 9.02. The summed E-state index contributed by atoms with van der Waals surface area (Å²) in [7, 11) is 0. The first kappa shape index (κ1) is 12.4. The average molecular weight is 233 g/mol. The van der Waals surface area contributed by atoms with Crippen molar-refractivity contribution in [1.82, 2.24) is 5.32 Å². The molecule has 0 saturated heterocycles. The molecular weight excluding hydrogens is 210 g/mol. The number of ether oxygens (including phenoxy) is 1. The molecule has 2 rings (SSSR count). The molecule has 1 aromatic carbocycles. The standard InChI is InChI=1S/C15H23NO/c1-4-16-12(3)11(2)9-13-10-17-15-8-6-5-7-14(13)15/h5-8,11-13,16H,4,9-10H2,1-3H3. The van der Waals surface area contributed by atoms with E-state index in [1.54, 1.807) is 0 Å². The molecule has 0 spiro atoms. The molecule has 0 saturated carbocycles. The van der Waals surface area contributed by atoms with Crippen LogP contribution in [0.15, 0.2) is 24.3 Å². The Morgan fingerprint density at radius 1 is 1.35 bits per heavy atom. The molecule has 1 N–H and O–H groups in total. The summed E-state index contributed by atoms with van der Waals surface area (Å²) in [6.45, 7) is 8.66. The first-order chi connectivity index (χ1) is 8.22. The zero-order valence-electron chi connectivity index (χ0n) is 11.1. The number of fused-ring (bicyclic) bond motifs is 1. The lowest BCUT2D eigenvalue weighted by Crippen LogP contribution is -2.32. The quantitative estimate of drug-likeness (QED) is 0.843. The second kappa shape index (κ2) is 5.54. The Balaban J connectivity index is 1.97. The van der Waals surface area contributed by atoms with Crippen LogP contribution in [0.2, 0.25) is 0 Å². The predicted molar refractivity (Wildman–Crippen MR) is 71.6 cm³/mol. The van der Waals surface area contributed by atoms with Crippen molar-refractivity contribution in [1.29, 1.82) is 0 Å². The molecule has 3 unspecified atom stereocenters. The third kappa shape index (κ3) is 2.81. The highest BCUT2D eigenvalue weighted by Crippen LogP contribution is 2.37. The molecule has 0 aliphatic carbocycles. The molecule has 2 heteroatoms. The van der Waals surface area contributed by atoms with Gasteiger partial charge >= 0.3 is 0 Å². The Morgan fingerprint density at radius 2 is 2.12 bits per heavy atom. The SMILES string of the molecule is CCNC(C)C(C)CC1COc2ccccc21. The maximum atomic E-state index is 5.73. The van der Waals surface area contributed by atoms with E-state index in [0.717, 1.165) is 18.9 Å². The molecular formula is C15H23NO. The second-order valence-electron chi connectivity index (χ2n) is 5.11. The minimum absolute atomic E-state index is 0.572. The molecule has 1 aromatic rings. The molecule has 1 aliphatic rings. The Labute approximate surface area is 104 Å². The Bertz CT molecular complexity index is 364. The van der Waals surface area contributed by atoms with Crippen molar-refractivity contribution in [3.05, 3.63) is 29.8 Å². The monoisotopic (exact) mass is 233 g/mol. The highest BCUT2D eigenvalue weighted by Gasteiger charge is 2.26. The zero-order valence-corrected chi connectivity index (χ0v) is 11.1. The van der Waals surface area contributed by atoms with Crippen LogP contribution in [0.4, 0.5) is 0 Å². The van der Waals surface area contributed by atoms with Crippen molar-refractivity contribution in [2.24, 2.45) is 5.92 Å². The van der Waals surface area contributed by atoms with Crippen molar-refractivity contribution in [2.75, 3.05) is 13.2 Å². The van der Waals surface area contributed by atoms with Crippen molar-refractivity contribution in [3.8, 4) is 5.75 Å². The normalized spacial score (nSPS) is 21.7. The lowest BCUT2D eigenvalue weighted by molar-refractivity contribution is 0.291. The largest absolute Gasteiger partial charge is 0.493 e. The van der Waals surface area contributed by atoms with Gasteiger partial charge in [-0.15, -0.1) is 0 Å². The van der Waals surface area contributed by atoms with Gasteiger partial charge in [0.2, 0.25) is 0 Å². The highest BCUT2D eigenvalue weighted by molar-refractivity contribution is 5.39. The van der Waals surface area contributed by atoms with Crippen LogP contribution in [0.5, 0.6) is 5.75 Å². The zero-order chi connectivity index (χ0) is 12.3. The van der Waals surface area contributed by atoms with Crippen molar-refractivity contribution < 1.29 is 4.74 Å². The summed E-state index contributed by atoms with van der Waals surface area (Å²) in [5.41, 5.74) is 1.39. The van der Waals surface area contributed by atoms with Crippen LogP contribution in [0.1, 0.15) is 38.7 Å². The Kier molecular flexibility index (Phi) is 4.06. The average Bonchev–Trinajstić information content (AvgIpc) is 2.73. The lowest BCUT2D eigenvalue weighted by Gasteiger charge is -2.23. The van der Waals surface area contributed by atoms with Gasteiger partial charge in [0.25, 0.3) is 0 Å². The van der Waals surface area contributed by atoms with Crippen LogP contribution in [-0.4, -0.2) is 19.2 Å². The second-order valence-corrected chi connectivity index (χ2v) is 5.11. The van der Waals surface area contributed by atoms with Crippen LogP contribution in [0.3, 0.4) is 0 Å². The molecule has 0 aromatic heterocycles. The van der Waals surface area contributed by atoms with Gasteiger partial charge in [0.1, 0.15) is 5.75 Å². The van der Waals surface area contributed by atoms with Gasteiger partial charge in [-0.05, 0) is 31.9 Å². The third-order valence-corrected chi connectivity index (χ3v) is 3.83. The van der Waals surface area contributed by atoms with Gasteiger partial charge in [-0.2, -0.15) is 0 Å². The molecule has 94 valence electrons. The van der Waals surface area contributed by atoms with E-state index in [9.17, 15) is 0 Å². The summed E-state index contributed by atoms with van der Waals surface area (Å²) in [5.74, 6) is 2.33. The van der Waals surface area contributed by atoms with Crippen LogP contribution in [-0.2, 0) is 0 Å². The van der Waals surface area contributed by atoms with Crippen molar-refractivity contribution in [2.45, 2.75) is 39.2 Å². The number of para-hydroxylation sites is 1.